The van der Waals surface area contributed by atoms with Crippen LogP contribution in [-0.4, -0.2) is 5.71 Å². The van der Waals surface area contributed by atoms with Gasteiger partial charge in [0.15, 0.2) is 0 Å². The topological polar surface area (TPSA) is 12.4 Å². The molecular weight excluding hydrogens is 206 g/mol. The first-order valence-electron chi connectivity index (χ1n) is 6.75. The normalized spacial score (nSPS) is 22.5. The molecule has 2 rings (SSSR count). The third-order valence-electron chi connectivity index (χ3n) is 4.11. The first-order valence-corrected chi connectivity index (χ1v) is 6.75. The Morgan fingerprint density at radius 3 is 2.65 bits per heavy atom. The number of hydrogen-bond donors (Lipinski definition) is 0. The van der Waals surface area contributed by atoms with E-state index in [1.54, 1.807) is 0 Å². The van der Waals surface area contributed by atoms with Crippen molar-refractivity contribution in [2.75, 3.05) is 0 Å². The van der Waals surface area contributed by atoms with E-state index in [9.17, 15) is 0 Å². The molecule has 0 bridgehead atoms. The fraction of sp³-hybridized carbons (Fsp3) is 0.562. The summed E-state index contributed by atoms with van der Waals surface area (Å²) >= 11 is 0. The van der Waals surface area contributed by atoms with Gasteiger partial charge >= 0.3 is 0 Å². The minimum atomic E-state index is 0.177. The van der Waals surface area contributed by atoms with Gasteiger partial charge in [-0.05, 0) is 31.9 Å². The van der Waals surface area contributed by atoms with Crippen LogP contribution in [0.3, 0.4) is 0 Å². The van der Waals surface area contributed by atoms with Gasteiger partial charge in [0.25, 0.3) is 0 Å². The van der Waals surface area contributed by atoms with Crippen LogP contribution in [-0.2, 0) is 5.41 Å². The lowest BCUT2D eigenvalue weighted by molar-refractivity contribution is 0.533. The van der Waals surface area contributed by atoms with Gasteiger partial charge in [-0.1, -0.05) is 50.8 Å². The highest BCUT2D eigenvalue weighted by atomic mass is 14.8. The summed E-state index contributed by atoms with van der Waals surface area (Å²) in [5.41, 5.74) is 5.43. The van der Waals surface area contributed by atoms with Gasteiger partial charge in [0.05, 0.1) is 5.69 Å². The van der Waals surface area contributed by atoms with Gasteiger partial charge in [-0.25, -0.2) is 0 Å². The zero-order valence-corrected chi connectivity index (χ0v) is 11.5. The molecule has 1 heteroatoms. The highest BCUT2D eigenvalue weighted by Gasteiger charge is 2.35. The first kappa shape index (κ1) is 12.3. The summed E-state index contributed by atoms with van der Waals surface area (Å²) in [7, 11) is 0. The average molecular weight is 229 g/mol. The van der Waals surface area contributed by atoms with Gasteiger partial charge < -0.3 is 0 Å². The molecule has 0 amide bonds. The molecule has 1 aliphatic rings. The second kappa shape index (κ2) is 4.64. The predicted molar refractivity (Wildman–Crippen MR) is 75.4 cm³/mol. The molecule has 1 unspecified atom stereocenters. The molecule has 0 saturated carbocycles. The predicted octanol–water partition coefficient (Wildman–Crippen LogP) is 4.94. The summed E-state index contributed by atoms with van der Waals surface area (Å²) in [4.78, 5) is 4.74. The second-order valence-electron chi connectivity index (χ2n) is 5.51. The zero-order chi connectivity index (χ0) is 12.5. The van der Waals surface area contributed by atoms with Crippen LogP contribution in [0.4, 0.5) is 5.69 Å². The molecule has 0 aromatic heterocycles. The Labute approximate surface area is 105 Å². The van der Waals surface area contributed by atoms with Crippen LogP contribution in [0, 0.1) is 6.92 Å². The van der Waals surface area contributed by atoms with Crippen molar-refractivity contribution in [3.05, 3.63) is 29.3 Å². The summed E-state index contributed by atoms with van der Waals surface area (Å²) in [5, 5.41) is 0. The number of nitrogens with zero attached hydrogens (tertiary/aromatic N) is 1. The van der Waals surface area contributed by atoms with Crippen molar-refractivity contribution < 1.29 is 0 Å². The van der Waals surface area contributed by atoms with Crippen LogP contribution >= 0.6 is 0 Å². The highest BCUT2D eigenvalue weighted by Crippen LogP contribution is 2.43. The zero-order valence-electron chi connectivity index (χ0n) is 11.5. The largest absolute Gasteiger partial charge is 0.257 e. The molecular formula is C16H23N. The summed E-state index contributed by atoms with van der Waals surface area (Å²) < 4.78 is 0. The van der Waals surface area contributed by atoms with Gasteiger partial charge in [-0.2, -0.15) is 0 Å². The van der Waals surface area contributed by atoms with Crippen molar-refractivity contribution >= 4 is 11.4 Å². The molecule has 1 aromatic rings. The molecule has 1 nitrogen and oxygen atoms in total. The minimum Gasteiger partial charge on any atom is -0.257 e. The molecule has 17 heavy (non-hydrogen) atoms. The summed E-state index contributed by atoms with van der Waals surface area (Å²) in [5.74, 6) is 0. The number of aliphatic imine (C=N–C) groups is 1. The van der Waals surface area contributed by atoms with Crippen molar-refractivity contribution in [2.24, 2.45) is 4.99 Å². The highest BCUT2D eigenvalue weighted by molar-refractivity contribution is 5.99. The van der Waals surface area contributed by atoms with E-state index in [1.807, 2.05) is 0 Å². The molecule has 0 N–H and O–H groups in total. The maximum atomic E-state index is 4.74. The van der Waals surface area contributed by atoms with Crippen LogP contribution in [0.25, 0.3) is 0 Å². The molecule has 0 spiro atoms. The first-order chi connectivity index (χ1) is 8.08. The van der Waals surface area contributed by atoms with Crippen molar-refractivity contribution in [3.8, 4) is 0 Å². The fourth-order valence-corrected chi connectivity index (χ4v) is 2.73. The van der Waals surface area contributed by atoms with Crippen LogP contribution < -0.4 is 0 Å². The maximum absolute atomic E-state index is 4.74. The Balaban J connectivity index is 2.30. The van der Waals surface area contributed by atoms with E-state index < -0.39 is 0 Å². The Hall–Kier alpha value is -1.11. The molecule has 0 radical (unpaired) electrons. The van der Waals surface area contributed by atoms with Gasteiger partial charge in [-0.15, -0.1) is 0 Å². The van der Waals surface area contributed by atoms with Gasteiger partial charge in [-0.3, -0.25) is 4.99 Å². The van der Waals surface area contributed by atoms with Crippen LogP contribution in [0.15, 0.2) is 23.2 Å². The molecule has 0 fully saturated rings. The molecule has 92 valence electrons. The van der Waals surface area contributed by atoms with Crippen molar-refractivity contribution in [3.63, 3.8) is 0 Å². The number of hydrogen-bond acceptors (Lipinski definition) is 1. The number of benzene rings is 1. The summed E-state index contributed by atoms with van der Waals surface area (Å²) in [6.07, 6.45) is 5.14. The Kier molecular flexibility index (Phi) is 3.37. The molecule has 0 aliphatic carbocycles. The quantitative estimate of drug-likeness (QED) is 0.648. The number of fused-ring (bicyclic) bond motifs is 1. The van der Waals surface area contributed by atoms with Crippen molar-refractivity contribution in [1.29, 1.82) is 0 Å². The van der Waals surface area contributed by atoms with E-state index in [1.165, 1.54) is 48.2 Å². The molecule has 1 atom stereocenters. The van der Waals surface area contributed by atoms with Crippen molar-refractivity contribution in [1.82, 2.24) is 0 Å². The summed E-state index contributed by atoms with van der Waals surface area (Å²) in [6, 6.07) is 6.65. The Morgan fingerprint density at radius 2 is 1.94 bits per heavy atom. The van der Waals surface area contributed by atoms with Crippen LogP contribution in [0.5, 0.6) is 0 Å². The second-order valence-corrected chi connectivity index (χ2v) is 5.51. The molecule has 1 heterocycles. The third kappa shape index (κ3) is 2.15. The monoisotopic (exact) mass is 229 g/mol. The van der Waals surface area contributed by atoms with E-state index in [4.69, 9.17) is 4.99 Å². The van der Waals surface area contributed by atoms with Crippen LogP contribution in [0.2, 0.25) is 0 Å². The lowest BCUT2D eigenvalue weighted by Crippen LogP contribution is -2.27. The standard InChI is InChI=1S/C16H23N/c1-5-6-7-10-16(4)13(3)17-15-9-8-12(2)11-14(15)16/h8-9,11H,5-7,10H2,1-4H3. The van der Waals surface area contributed by atoms with E-state index >= 15 is 0 Å². The lowest BCUT2D eigenvalue weighted by atomic mass is 9.75. The summed E-state index contributed by atoms with van der Waals surface area (Å²) in [6.45, 7) is 8.96. The van der Waals surface area contributed by atoms with Gasteiger partial charge in [0.2, 0.25) is 0 Å². The van der Waals surface area contributed by atoms with Crippen LogP contribution in [0.1, 0.15) is 57.6 Å². The number of unbranched alkanes of at least 4 members (excludes halogenated alkanes) is 2. The Bertz CT molecular complexity index is 445. The molecule has 0 saturated heterocycles. The SMILES string of the molecule is CCCCCC1(C)C(C)=Nc2ccc(C)cc21. The van der Waals surface area contributed by atoms with E-state index in [0.717, 1.165) is 0 Å². The van der Waals surface area contributed by atoms with Gasteiger partial charge in [0.1, 0.15) is 0 Å². The van der Waals surface area contributed by atoms with Gasteiger partial charge in [0, 0.05) is 11.1 Å². The molecule has 1 aromatic carbocycles. The van der Waals surface area contributed by atoms with E-state index in [-0.39, 0.29) is 5.41 Å². The Morgan fingerprint density at radius 1 is 1.18 bits per heavy atom. The average Bonchev–Trinajstić information content (AvgIpc) is 2.53. The van der Waals surface area contributed by atoms with Crippen molar-refractivity contribution in [2.45, 2.75) is 58.8 Å². The third-order valence-corrected chi connectivity index (χ3v) is 4.11. The molecule has 1 aliphatic heterocycles. The number of aryl methyl sites for hydroxylation is 1. The smallest absolute Gasteiger partial charge is 0.0670 e. The fourth-order valence-electron chi connectivity index (χ4n) is 2.73. The van der Waals surface area contributed by atoms with E-state index in [0.29, 0.717) is 0 Å². The van der Waals surface area contributed by atoms with E-state index in [2.05, 4.69) is 45.9 Å². The maximum Gasteiger partial charge on any atom is 0.0670 e. The number of rotatable bonds is 4. The lowest BCUT2D eigenvalue weighted by Gasteiger charge is -2.26. The minimum absolute atomic E-state index is 0.177.